The average Bonchev–Trinajstić information content (AvgIpc) is 2.75. The van der Waals surface area contributed by atoms with Crippen molar-refractivity contribution in [3.05, 3.63) is 77.9 Å². The molecule has 0 aromatic heterocycles. The number of hydrogen-bond acceptors (Lipinski definition) is 1. The summed E-state index contributed by atoms with van der Waals surface area (Å²) in [5, 5.41) is 0. The lowest BCUT2D eigenvalue weighted by atomic mass is 9.94. The third-order valence-electron chi connectivity index (χ3n) is 4.30. The minimum absolute atomic E-state index is 0.729. The minimum Gasteiger partial charge on any atom is -0.492 e. The first-order valence-corrected chi connectivity index (χ1v) is 7.74. The van der Waals surface area contributed by atoms with Gasteiger partial charge in [-0.1, -0.05) is 72.3 Å². The molecule has 3 aromatic rings. The lowest BCUT2D eigenvalue weighted by Gasteiger charge is -2.14. The molecular formula is C21H18O. The fourth-order valence-electron chi connectivity index (χ4n) is 3.13. The molecule has 0 aliphatic carbocycles. The summed E-state index contributed by atoms with van der Waals surface area (Å²) >= 11 is 0. The fraction of sp³-hybridized carbons (Fsp3) is 0.143. The third-order valence-corrected chi connectivity index (χ3v) is 4.30. The predicted molar refractivity (Wildman–Crippen MR) is 91.3 cm³/mol. The summed E-state index contributed by atoms with van der Waals surface area (Å²) in [5.41, 5.74) is 7.52. The number of ether oxygens (including phenoxy) is 1. The quantitative estimate of drug-likeness (QED) is 0.592. The van der Waals surface area contributed by atoms with Crippen molar-refractivity contribution in [3.8, 4) is 28.0 Å². The number of benzene rings is 3. The van der Waals surface area contributed by atoms with Crippen LogP contribution in [-0.2, 0) is 6.42 Å². The van der Waals surface area contributed by atoms with Gasteiger partial charge < -0.3 is 4.74 Å². The van der Waals surface area contributed by atoms with Crippen molar-refractivity contribution < 1.29 is 4.74 Å². The molecule has 0 fully saturated rings. The fourth-order valence-corrected chi connectivity index (χ4v) is 3.13. The Morgan fingerprint density at radius 2 is 1.45 bits per heavy atom. The van der Waals surface area contributed by atoms with Gasteiger partial charge in [-0.2, -0.15) is 0 Å². The predicted octanol–water partition coefficient (Wildman–Crippen LogP) is 5.26. The Morgan fingerprint density at radius 3 is 2.32 bits per heavy atom. The van der Waals surface area contributed by atoms with Crippen LogP contribution in [0.15, 0.2) is 66.7 Å². The van der Waals surface area contributed by atoms with Gasteiger partial charge in [0.05, 0.1) is 6.61 Å². The summed E-state index contributed by atoms with van der Waals surface area (Å²) in [6, 6.07) is 23.7. The van der Waals surface area contributed by atoms with Crippen LogP contribution < -0.4 is 4.74 Å². The first-order chi connectivity index (χ1) is 10.8. The Kier molecular flexibility index (Phi) is 3.19. The molecule has 1 heteroatoms. The topological polar surface area (TPSA) is 9.23 Å². The normalized spacial score (nSPS) is 12.8. The van der Waals surface area contributed by atoms with Gasteiger partial charge >= 0.3 is 0 Å². The van der Waals surface area contributed by atoms with Crippen LogP contribution in [0.2, 0.25) is 0 Å². The van der Waals surface area contributed by atoms with E-state index in [9.17, 15) is 0 Å². The van der Waals surface area contributed by atoms with Crippen LogP contribution in [0.3, 0.4) is 0 Å². The van der Waals surface area contributed by atoms with E-state index in [1.165, 1.54) is 33.4 Å². The number of aryl methyl sites for hydroxylation is 1. The van der Waals surface area contributed by atoms with E-state index in [0.29, 0.717) is 0 Å². The Balaban J connectivity index is 1.93. The van der Waals surface area contributed by atoms with Gasteiger partial charge in [-0.25, -0.2) is 0 Å². The molecular weight excluding hydrogens is 268 g/mol. The van der Waals surface area contributed by atoms with E-state index in [2.05, 4.69) is 73.7 Å². The van der Waals surface area contributed by atoms with Gasteiger partial charge in [-0.15, -0.1) is 0 Å². The standard InChI is InChI=1S/C21H18O/c1-15-9-11-17(12-10-15)19-7-4-8-20-18-6-3-2-5-16(18)13-14-22-21(19)20/h2-12H,13-14H2,1H3. The number of para-hydroxylation sites is 1. The minimum atomic E-state index is 0.729. The SMILES string of the molecule is Cc1ccc(-c2cccc3c2OCCc2ccccc2-3)cc1. The van der Waals surface area contributed by atoms with Crippen LogP contribution in [0.5, 0.6) is 5.75 Å². The van der Waals surface area contributed by atoms with Gasteiger partial charge in [0.15, 0.2) is 0 Å². The van der Waals surface area contributed by atoms with Crippen LogP contribution in [-0.4, -0.2) is 6.61 Å². The number of hydrogen-bond donors (Lipinski definition) is 0. The van der Waals surface area contributed by atoms with Crippen molar-refractivity contribution in [1.29, 1.82) is 0 Å². The summed E-state index contributed by atoms with van der Waals surface area (Å²) in [5.74, 6) is 1.01. The Bertz CT molecular complexity index is 816. The zero-order chi connectivity index (χ0) is 14.9. The van der Waals surface area contributed by atoms with Gasteiger partial charge in [0.1, 0.15) is 5.75 Å². The molecule has 0 amide bonds. The first-order valence-electron chi connectivity index (χ1n) is 7.74. The number of rotatable bonds is 1. The Labute approximate surface area is 131 Å². The lowest BCUT2D eigenvalue weighted by molar-refractivity contribution is 0.328. The van der Waals surface area contributed by atoms with Gasteiger partial charge in [0, 0.05) is 17.5 Å². The van der Waals surface area contributed by atoms with Gasteiger partial charge in [0.25, 0.3) is 0 Å². The molecule has 0 unspecified atom stereocenters. The summed E-state index contributed by atoms with van der Waals surface area (Å²) in [6.45, 7) is 2.84. The molecule has 0 bridgehead atoms. The van der Waals surface area contributed by atoms with E-state index < -0.39 is 0 Å². The lowest BCUT2D eigenvalue weighted by Crippen LogP contribution is -1.99. The van der Waals surface area contributed by atoms with E-state index >= 15 is 0 Å². The molecule has 0 saturated carbocycles. The maximum atomic E-state index is 6.15. The van der Waals surface area contributed by atoms with Gasteiger partial charge in [-0.05, 0) is 23.6 Å². The molecule has 0 N–H and O–H groups in total. The molecule has 4 rings (SSSR count). The molecule has 1 nitrogen and oxygen atoms in total. The van der Waals surface area contributed by atoms with Crippen LogP contribution in [0.25, 0.3) is 22.3 Å². The first kappa shape index (κ1) is 13.1. The highest BCUT2D eigenvalue weighted by atomic mass is 16.5. The number of fused-ring (bicyclic) bond motifs is 3. The zero-order valence-electron chi connectivity index (χ0n) is 12.7. The van der Waals surface area contributed by atoms with E-state index in [4.69, 9.17) is 4.74 Å². The second-order valence-corrected chi connectivity index (χ2v) is 5.80. The van der Waals surface area contributed by atoms with Crippen molar-refractivity contribution in [2.24, 2.45) is 0 Å². The highest BCUT2D eigenvalue weighted by molar-refractivity contribution is 5.84. The van der Waals surface area contributed by atoms with Crippen molar-refractivity contribution in [3.63, 3.8) is 0 Å². The van der Waals surface area contributed by atoms with E-state index in [1.54, 1.807) is 0 Å². The summed E-state index contributed by atoms with van der Waals surface area (Å²) in [6.07, 6.45) is 0.957. The van der Waals surface area contributed by atoms with Crippen LogP contribution >= 0.6 is 0 Å². The molecule has 0 radical (unpaired) electrons. The Hall–Kier alpha value is -2.54. The van der Waals surface area contributed by atoms with Crippen molar-refractivity contribution >= 4 is 0 Å². The monoisotopic (exact) mass is 286 g/mol. The molecule has 1 aliphatic rings. The van der Waals surface area contributed by atoms with Gasteiger partial charge in [0.2, 0.25) is 0 Å². The molecule has 108 valence electrons. The average molecular weight is 286 g/mol. The maximum absolute atomic E-state index is 6.15. The van der Waals surface area contributed by atoms with Crippen LogP contribution in [0.1, 0.15) is 11.1 Å². The molecule has 1 heterocycles. The third kappa shape index (κ3) is 2.19. The molecule has 1 aliphatic heterocycles. The zero-order valence-corrected chi connectivity index (χ0v) is 12.7. The molecule has 0 atom stereocenters. The van der Waals surface area contributed by atoms with E-state index in [1.807, 2.05) is 0 Å². The maximum Gasteiger partial charge on any atom is 0.134 e. The van der Waals surface area contributed by atoms with Crippen LogP contribution in [0, 0.1) is 6.92 Å². The molecule has 0 saturated heterocycles. The van der Waals surface area contributed by atoms with Crippen molar-refractivity contribution in [1.82, 2.24) is 0 Å². The summed E-state index contributed by atoms with van der Waals surface area (Å²) in [7, 11) is 0. The highest BCUT2D eigenvalue weighted by Crippen LogP contribution is 2.41. The largest absolute Gasteiger partial charge is 0.492 e. The van der Waals surface area contributed by atoms with Crippen molar-refractivity contribution in [2.75, 3.05) is 6.61 Å². The Morgan fingerprint density at radius 1 is 0.727 bits per heavy atom. The summed E-state index contributed by atoms with van der Waals surface area (Å²) < 4.78 is 6.15. The second-order valence-electron chi connectivity index (χ2n) is 5.80. The van der Waals surface area contributed by atoms with Crippen LogP contribution in [0.4, 0.5) is 0 Å². The smallest absolute Gasteiger partial charge is 0.134 e. The molecule has 3 aromatic carbocycles. The summed E-state index contributed by atoms with van der Waals surface area (Å²) in [4.78, 5) is 0. The molecule has 0 spiro atoms. The second kappa shape index (κ2) is 5.34. The highest BCUT2D eigenvalue weighted by Gasteiger charge is 2.18. The van der Waals surface area contributed by atoms with E-state index in [-0.39, 0.29) is 0 Å². The van der Waals surface area contributed by atoms with Crippen molar-refractivity contribution in [2.45, 2.75) is 13.3 Å². The molecule has 22 heavy (non-hydrogen) atoms. The van der Waals surface area contributed by atoms with E-state index in [0.717, 1.165) is 18.8 Å². The van der Waals surface area contributed by atoms with Gasteiger partial charge in [-0.3, -0.25) is 0 Å².